The molecule has 1 N–H and O–H groups in total. The summed E-state index contributed by atoms with van der Waals surface area (Å²) in [5.41, 5.74) is 5.52. The van der Waals surface area contributed by atoms with E-state index in [1.165, 1.54) is 11.1 Å². The SMILES string of the molecule is Cc1ccc(CSc2nc(CC(=O)Nc3cccc4nsnc34)cs2)cc1. The van der Waals surface area contributed by atoms with Crippen LogP contribution in [0.4, 0.5) is 5.69 Å². The zero-order valence-corrected chi connectivity index (χ0v) is 17.0. The van der Waals surface area contributed by atoms with Gasteiger partial charge < -0.3 is 5.32 Å². The first-order valence-electron chi connectivity index (χ1n) is 8.31. The Morgan fingerprint density at radius 2 is 2.00 bits per heavy atom. The number of hydrogen-bond acceptors (Lipinski definition) is 7. The van der Waals surface area contributed by atoms with Crippen LogP contribution in [0.5, 0.6) is 0 Å². The number of nitrogens with zero attached hydrogens (tertiary/aromatic N) is 3. The first kappa shape index (κ1) is 18.1. The Hall–Kier alpha value is -2.29. The fourth-order valence-corrected chi connectivity index (χ4v) is 4.88. The van der Waals surface area contributed by atoms with Gasteiger partial charge in [0.05, 0.1) is 29.5 Å². The normalized spacial score (nSPS) is 11.0. The minimum atomic E-state index is -0.101. The molecule has 27 heavy (non-hydrogen) atoms. The van der Waals surface area contributed by atoms with Crippen molar-refractivity contribution in [2.75, 3.05) is 5.32 Å². The molecule has 4 aromatic rings. The molecule has 0 saturated carbocycles. The third kappa shape index (κ3) is 4.52. The largest absolute Gasteiger partial charge is 0.324 e. The van der Waals surface area contributed by atoms with E-state index in [0.717, 1.165) is 38.5 Å². The topological polar surface area (TPSA) is 67.8 Å². The van der Waals surface area contributed by atoms with Crippen molar-refractivity contribution in [2.45, 2.75) is 23.4 Å². The number of benzene rings is 2. The average Bonchev–Trinajstić information content (AvgIpc) is 3.31. The summed E-state index contributed by atoms with van der Waals surface area (Å²) in [4.78, 5) is 16.9. The Bertz CT molecular complexity index is 1070. The van der Waals surface area contributed by atoms with Gasteiger partial charge in [-0.1, -0.05) is 47.7 Å². The molecule has 8 heteroatoms. The summed E-state index contributed by atoms with van der Waals surface area (Å²) in [5.74, 6) is 0.772. The average molecular weight is 413 g/mol. The molecule has 0 aliphatic rings. The van der Waals surface area contributed by atoms with Gasteiger partial charge in [0.25, 0.3) is 0 Å². The molecule has 2 aromatic carbocycles. The van der Waals surface area contributed by atoms with Crippen molar-refractivity contribution in [3.8, 4) is 0 Å². The lowest BCUT2D eigenvalue weighted by molar-refractivity contribution is -0.115. The van der Waals surface area contributed by atoms with E-state index in [1.54, 1.807) is 23.1 Å². The summed E-state index contributed by atoms with van der Waals surface area (Å²) >= 11 is 4.41. The lowest BCUT2D eigenvalue weighted by Gasteiger charge is -2.04. The maximum Gasteiger partial charge on any atom is 0.230 e. The molecule has 2 aromatic heterocycles. The van der Waals surface area contributed by atoms with Crippen molar-refractivity contribution in [3.63, 3.8) is 0 Å². The highest BCUT2D eigenvalue weighted by atomic mass is 32.2. The van der Waals surface area contributed by atoms with E-state index in [0.29, 0.717) is 5.69 Å². The third-order valence-corrected chi connectivity index (χ3v) is 6.60. The molecule has 136 valence electrons. The molecule has 0 saturated heterocycles. The molecule has 0 unspecified atom stereocenters. The number of amides is 1. The molecular weight excluding hydrogens is 396 g/mol. The van der Waals surface area contributed by atoms with Crippen LogP contribution in [0.25, 0.3) is 11.0 Å². The zero-order valence-electron chi connectivity index (χ0n) is 14.5. The second-order valence-electron chi connectivity index (χ2n) is 6.04. The van der Waals surface area contributed by atoms with Crippen molar-refractivity contribution in [3.05, 3.63) is 64.7 Å². The predicted molar refractivity (Wildman–Crippen MR) is 113 cm³/mol. The Morgan fingerprint density at radius 1 is 1.15 bits per heavy atom. The van der Waals surface area contributed by atoms with Gasteiger partial charge in [-0.05, 0) is 24.6 Å². The van der Waals surface area contributed by atoms with Gasteiger partial charge in [0.15, 0.2) is 0 Å². The Balaban J connectivity index is 1.35. The molecule has 0 atom stereocenters. The molecule has 0 bridgehead atoms. The number of aromatic nitrogens is 3. The van der Waals surface area contributed by atoms with Gasteiger partial charge in [0.2, 0.25) is 5.91 Å². The number of fused-ring (bicyclic) bond motifs is 1. The molecule has 5 nitrogen and oxygen atoms in total. The minimum Gasteiger partial charge on any atom is -0.324 e. The maximum atomic E-state index is 12.4. The molecule has 0 radical (unpaired) electrons. The van der Waals surface area contributed by atoms with E-state index in [-0.39, 0.29) is 12.3 Å². The van der Waals surface area contributed by atoms with Gasteiger partial charge in [0.1, 0.15) is 15.4 Å². The summed E-state index contributed by atoms with van der Waals surface area (Å²) in [6.45, 7) is 2.08. The summed E-state index contributed by atoms with van der Waals surface area (Å²) in [6.07, 6.45) is 0.246. The third-order valence-electron chi connectivity index (χ3n) is 3.92. The van der Waals surface area contributed by atoms with Crippen molar-refractivity contribution >= 4 is 57.5 Å². The monoisotopic (exact) mass is 412 g/mol. The first-order chi connectivity index (χ1) is 13.2. The van der Waals surface area contributed by atoms with Gasteiger partial charge >= 0.3 is 0 Å². The number of carbonyl (C=O) groups excluding carboxylic acids is 1. The van der Waals surface area contributed by atoms with Crippen molar-refractivity contribution in [2.24, 2.45) is 0 Å². The van der Waals surface area contributed by atoms with Crippen LogP contribution in [0.3, 0.4) is 0 Å². The lowest BCUT2D eigenvalue weighted by Crippen LogP contribution is -2.14. The quantitative estimate of drug-likeness (QED) is 0.455. The summed E-state index contributed by atoms with van der Waals surface area (Å²) in [6, 6.07) is 14.1. The highest BCUT2D eigenvalue weighted by Crippen LogP contribution is 2.27. The molecular formula is C19H16N4OS3. The van der Waals surface area contributed by atoms with Crippen LogP contribution < -0.4 is 5.32 Å². The lowest BCUT2D eigenvalue weighted by atomic mass is 10.2. The van der Waals surface area contributed by atoms with Crippen LogP contribution in [-0.4, -0.2) is 19.6 Å². The van der Waals surface area contributed by atoms with Crippen LogP contribution in [0.15, 0.2) is 52.2 Å². The molecule has 2 heterocycles. The van der Waals surface area contributed by atoms with E-state index in [1.807, 2.05) is 23.6 Å². The maximum absolute atomic E-state index is 12.4. The standard InChI is InChI=1S/C19H16N4OS3/c1-12-5-7-13(8-6-12)10-25-19-20-14(11-26-19)9-17(24)21-15-3-2-4-16-18(15)23-27-22-16/h2-8,11H,9-10H2,1H3,(H,21,24). The Kier molecular flexibility index (Phi) is 5.47. The number of hydrogen-bond donors (Lipinski definition) is 1. The summed E-state index contributed by atoms with van der Waals surface area (Å²) in [7, 11) is 0. The molecule has 0 aliphatic carbocycles. The summed E-state index contributed by atoms with van der Waals surface area (Å²) < 4.78 is 9.41. The van der Waals surface area contributed by atoms with Crippen molar-refractivity contribution in [1.29, 1.82) is 0 Å². The van der Waals surface area contributed by atoms with Crippen molar-refractivity contribution in [1.82, 2.24) is 13.7 Å². The number of nitrogens with one attached hydrogen (secondary N) is 1. The van der Waals surface area contributed by atoms with Gasteiger partial charge in [-0.25, -0.2) is 4.98 Å². The second kappa shape index (κ2) is 8.16. The Labute approximate surface area is 169 Å². The van der Waals surface area contributed by atoms with Gasteiger partial charge in [-0.3, -0.25) is 4.79 Å². The molecule has 0 fully saturated rings. The Morgan fingerprint density at radius 3 is 2.85 bits per heavy atom. The molecule has 0 aliphatic heterocycles. The van der Waals surface area contributed by atoms with Crippen molar-refractivity contribution < 1.29 is 4.79 Å². The summed E-state index contributed by atoms with van der Waals surface area (Å²) in [5, 5.41) is 4.86. The zero-order chi connectivity index (χ0) is 18.6. The van der Waals surface area contributed by atoms with Crippen LogP contribution in [0, 0.1) is 6.92 Å². The van der Waals surface area contributed by atoms with Gasteiger partial charge in [-0.15, -0.1) is 11.3 Å². The number of carbonyl (C=O) groups is 1. The number of thioether (sulfide) groups is 1. The van der Waals surface area contributed by atoms with E-state index in [9.17, 15) is 4.79 Å². The predicted octanol–water partition coefficient (Wildman–Crippen LogP) is 4.93. The highest BCUT2D eigenvalue weighted by Gasteiger charge is 2.11. The van der Waals surface area contributed by atoms with E-state index in [2.05, 4.69) is 50.2 Å². The second-order valence-corrected chi connectivity index (χ2v) is 8.65. The van der Waals surface area contributed by atoms with E-state index < -0.39 is 0 Å². The van der Waals surface area contributed by atoms with E-state index >= 15 is 0 Å². The van der Waals surface area contributed by atoms with Gasteiger partial charge in [-0.2, -0.15) is 8.75 Å². The highest BCUT2D eigenvalue weighted by molar-refractivity contribution is 8.00. The number of thiazole rings is 1. The fraction of sp³-hybridized carbons (Fsp3) is 0.158. The number of anilines is 1. The van der Waals surface area contributed by atoms with Crippen LogP contribution in [-0.2, 0) is 17.0 Å². The molecule has 4 rings (SSSR count). The van der Waals surface area contributed by atoms with Crippen LogP contribution >= 0.6 is 34.8 Å². The number of rotatable bonds is 6. The number of aryl methyl sites for hydroxylation is 1. The minimum absolute atomic E-state index is 0.101. The van der Waals surface area contributed by atoms with Gasteiger partial charge in [0, 0.05) is 11.1 Å². The molecule has 1 amide bonds. The first-order valence-corrected chi connectivity index (χ1v) is 10.9. The van der Waals surface area contributed by atoms with E-state index in [4.69, 9.17) is 0 Å². The fourth-order valence-electron chi connectivity index (χ4n) is 2.53. The smallest absolute Gasteiger partial charge is 0.230 e. The van der Waals surface area contributed by atoms with Crippen LogP contribution in [0.2, 0.25) is 0 Å². The van der Waals surface area contributed by atoms with Crippen LogP contribution in [0.1, 0.15) is 16.8 Å². The molecule has 0 spiro atoms.